The SMILES string of the molecule is CCCn1nccc1NC(=O)CN1CCN(C[C@H](C)O)[C@@H](CC)C1. The van der Waals surface area contributed by atoms with Gasteiger partial charge in [-0.05, 0) is 19.8 Å². The topological polar surface area (TPSA) is 73.6 Å². The van der Waals surface area contributed by atoms with Gasteiger partial charge in [-0.1, -0.05) is 13.8 Å². The number of aromatic nitrogens is 2. The average molecular weight is 337 g/mol. The molecule has 1 amide bonds. The summed E-state index contributed by atoms with van der Waals surface area (Å²) in [5.74, 6) is 0.772. The zero-order valence-electron chi connectivity index (χ0n) is 15.1. The first-order valence-corrected chi connectivity index (χ1v) is 8.99. The maximum atomic E-state index is 12.3. The smallest absolute Gasteiger partial charge is 0.239 e. The van der Waals surface area contributed by atoms with Gasteiger partial charge in [-0.2, -0.15) is 5.10 Å². The molecule has 24 heavy (non-hydrogen) atoms. The number of β-amino-alcohol motifs (C(OH)–C–C–N with tert-alkyl or cyclic N) is 1. The summed E-state index contributed by atoms with van der Waals surface area (Å²) in [6, 6.07) is 2.23. The molecule has 0 radical (unpaired) electrons. The van der Waals surface area contributed by atoms with Crippen LogP contribution in [0.3, 0.4) is 0 Å². The predicted octanol–water partition coefficient (Wildman–Crippen LogP) is 1.01. The highest BCUT2D eigenvalue weighted by atomic mass is 16.3. The Hall–Kier alpha value is -1.44. The number of aryl methyl sites for hydroxylation is 1. The molecule has 2 atom stereocenters. The lowest BCUT2D eigenvalue weighted by Crippen LogP contribution is -2.55. The molecule has 1 aromatic rings. The second-order valence-corrected chi connectivity index (χ2v) is 6.63. The van der Waals surface area contributed by atoms with Crippen LogP contribution in [0.1, 0.15) is 33.6 Å². The van der Waals surface area contributed by atoms with Gasteiger partial charge in [0.15, 0.2) is 0 Å². The maximum absolute atomic E-state index is 12.3. The second-order valence-electron chi connectivity index (χ2n) is 6.63. The average Bonchev–Trinajstić information content (AvgIpc) is 2.95. The van der Waals surface area contributed by atoms with Crippen molar-refractivity contribution in [3.8, 4) is 0 Å². The standard InChI is InChI=1S/C17H31N5O2/c1-4-8-22-16(6-7-18-22)19-17(24)13-20-9-10-21(11-14(3)23)15(5-2)12-20/h6-7,14-15,23H,4-5,8-13H2,1-3H3,(H,19,24)/t14-,15-/m0/s1. The van der Waals surface area contributed by atoms with Gasteiger partial charge in [0.25, 0.3) is 0 Å². The summed E-state index contributed by atoms with van der Waals surface area (Å²) in [5.41, 5.74) is 0. The zero-order chi connectivity index (χ0) is 17.5. The number of aliphatic hydroxyl groups excluding tert-OH is 1. The monoisotopic (exact) mass is 337 g/mol. The van der Waals surface area contributed by atoms with E-state index in [4.69, 9.17) is 0 Å². The van der Waals surface area contributed by atoms with Gasteiger partial charge in [0.1, 0.15) is 5.82 Å². The summed E-state index contributed by atoms with van der Waals surface area (Å²) >= 11 is 0. The summed E-state index contributed by atoms with van der Waals surface area (Å²) in [5, 5.41) is 16.8. The van der Waals surface area contributed by atoms with Crippen LogP contribution >= 0.6 is 0 Å². The molecule has 0 saturated carbocycles. The maximum Gasteiger partial charge on any atom is 0.239 e. The van der Waals surface area contributed by atoms with E-state index in [1.807, 2.05) is 17.7 Å². The van der Waals surface area contributed by atoms with Gasteiger partial charge in [0, 0.05) is 44.8 Å². The Bertz CT molecular complexity index is 517. The minimum absolute atomic E-state index is 0.00619. The van der Waals surface area contributed by atoms with Crippen molar-refractivity contribution in [2.24, 2.45) is 0 Å². The highest BCUT2D eigenvalue weighted by Gasteiger charge is 2.27. The van der Waals surface area contributed by atoms with Gasteiger partial charge >= 0.3 is 0 Å². The Morgan fingerprint density at radius 3 is 2.92 bits per heavy atom. The number of piperazine rings is 1. The molecule has 1 aromatic heterocycles. The molecule has 1 aliphatic heterocycles. The number of amides is 1. The van der Waals surface area contributed by atoms with Crippen LogP contribution in [0, 0.1) is 0 Å². The van der Waals surface area contributed by atoms with Crippen LogP contribution in [0.15, 0.2) is 12.3 Å². The molecular formula is C17H31N5O2. The van der Waals surface area contributed by atoms with Gasteiger partial charge < -0.3 is 10.4 Å². The van der Waals surface area contributed by atoms with E-state index >= 15 is 0 Å². The third kappa shape index (κ3) is 5.29. The second kappa shape index (κ2) is 9.15. The number of carbonyl (C=O) groups is 1. The molecule has 1 aliphatic rings. The van der Waals surface area contributed by atoms with Gasteiger partial charge in [-0.25, -0.2) is 4.68 Å². The van der Waals surface area contributed by atoms with E-state index in [-0.39, 0.29) is 12.0 Å². The fourth-order valence-corrected chi connectivity index (χ4v) is 3.28. The van der Waals surface area contributed by atoms with Crippen molar-refractivity contribution in [1.29, 1.82) is 0 Å². The van der Waals surface area contributed by atoms with Crippen LogP contribution in [0.5, 0.6) is 0 Å². The lowest BCUT2D eigenvalue weighted by Gasteiger charge is -2.41. The number of aliphatic hydroxyl groups is 1. The first-order chi connectivity index (χ1) is 11.5. The van der Waals surface area contributed by atoms with E-state index in [9.17, 15) is 9.90 Å². The van der Waals surface area contributed by atoms with Crippen LogP contribution in [-0.2, 0) is 11.3 Å². The summed E-state index contributed by atoms with van der Waals surface area (Å²) < 4.78 is 1.83. The first-order valence-electron chi connectivity index (χ1n) is 8.99. The van der Waals surface area contributed by atoms with Crippen molar-refractivity contribution in [3.63, 3.8) is 0 Å². The van der Waals surface area contributed by atoms with Gasteiger partial charge in [0.05, 0.1) is 18.8 Å². The number of nitrogens with zero attached hydrogens (tertiary/aromatic N) is 4. The predicted molar refractivity (Wildman–Crippen MR) is 94.9 cm³/mol. The lowest BCUT2D eigenvalue weighted by molar-refractivity contribution is -0.118. The van der Waals surface area contributed by atoms with Crippen molar-refractivity contribution in [3.05, 3.63) is 12.3 Å². The third-order valence-corrected chi connectivity index (χ3v) is 4.45. The number of rotatable bonds is 8. The lowest BCUT2D eigenvalue weighted by atomic mass is 10.1. The molecule has 1 fully saturated rings. The van der Waals surface area contributed by atoms with E-state index in [1.54, 1.807) is 6.20 Å². The van der Waals surface area contributed by atoms with E-state index in [0.29, 0.717) is 19.1 Å². The quantitative estimate of drug-likeness (QED) is 0.741. The highest BCUT2D eigenvalue weighted by molar-refractivity contribution is 5.91. The van der Waals surface area contributed by atoms with E-state index in [0.717, 1.165) is 44.8 Å². The number of hydrogen-bond acceptors (Lipinski definition) is 5. The number of nitrogens with one attached hydrogen (secondary N) is 1. The molecule has 0 bridgehead atoms. The molecule has 0 aromatic carbocycles. The first kappa shape index (κ1) is 18.9. The normalized spacial score (nSPS) is 20.9. The van der Waals surface area contributed by atoms with Crippen molar-refractivity contribution in [1.82, 2.24) is 19.6 Å². The van der Waals surface area contributed by atoms with Crippen molar-refractivity contribution in [2.45, 2.75) is 52.3 Å². The van der Waals surface area contributed by atoms with E-state index in [2.05, 4.69) is 34.1 Å². The van der Waals surface area contributed by atoms with Crippen LogP contribution in [0.4, 0.5) is 5.82 Å². The minimum atomic E-state index is -0.312. The zero-order valence-corrected chi connectivity index (χ0v) is 15.1. The Morgan fingerprint density at radius 1 is 1.46 bits per heavy atom. The van der Waals surface area contributed by atoms with Gasteiger partial charge in [0.2, 0.25) is 5.91 Å². The number of anilines is 1. The van der Waals surface area contributed by atoms with Crippen LogP contribution < -0.4 is 5.32 Å². The fraction of sp³-hybridized carbons (Fsp3) is 0.765. The molecule has 1 saturated heterocycles. The number of hydrogen-bond donors (Lipinski definition) is 2. The van der Waals surface area contributed by atoms with Crippen molar-refractivity contribution >= 4 is 11.7 Å². The fourth-order valence-electron chi connectivity index (χ4n) is 3.28. The molecule has 7 nitrogen and oxygen atoms in total. The molecule has 0 aliphatic carbocycles. The Labute approximate surface area is 144 Å². The van der Waals surface area contributed by atoms with Crippen LogP contribution in [-0.4, -0.2) is 75.5 Å². The number of carbonyl (C=O) groups excluding carboxylic acids is 1. The van der Waals surface area contributed by atoms with Crippen LogP contribution in [0.25, 0.3) is 0 Å². The largest absolute Gasteiger partial charge is 0.392 e. The van der Waals surface area contributed by atoms with Crippen LogP contribution in [0.2, 0.25) is 0 Å². The summed E-state index contributed by atoms with van der Waals surface area (Å²) in [6.45, 7) is 10.6. The van der Waals surface area contributed by atoms with Gasteiger partial charge in [-0.15, -0.1) is 0 Å². The molecule has 136 valence electrons. The summed E-state index contributed by atoms with van der Waals surface area (Å²) in [7, 11) is 0. The minimum Gasteiger partial charge on any atom is -0.392 e. The highest BCUT2D eigenvalue weighted by Crippen LogP contribution is 2.14. The Morgan fingerprint density at radius 2 is 2.25 bits per heavy atom. The van der Waals surface area contributed by atoms with E-state index in [1.165, 1.54) is 0 Å². The third-order valence-electron chi connectivity index (χ3n) is 4.45. The Kier molecular flexibility index (Phi) is 7.20. The van der Waals surface area contributed by atoms with Crippen molar-refractivity contribution < 1.29 is 9.90 Å². The molecule has 2 rings (SSSR count). The van der Waals surface area contributed by atoms with Gasteiger partial charge in [-0.3, -0.25) is 14.6 Å². The Balaban J connectivity index is 1.85. The summed E-state index contributed by atoms with van der Waals surface area (Å²) in [6.07, 6.45) is 3.41. The summed E-state index contributed by atoms with van der Waals surface area (Å²) in [4.78, 5) is 16.9. The molecule has 2 heterocycles. The molecule has 7 heteroatoms. The molecule has 2 N–H and O–H groups in total. The van der Waals surface area contributed by atoms with E-state index < -0.39 is 0 Å². The molecular weight excluding hydrogens is 306 g/mol. The van der Waals surface area contributed by atoms with Crippen molar-refractivity contribution in [2.75, 3.05) is 38.0 Å². The molecule has 0 unspecified atom stereocenters. The molecule has 0 spiro atoms.